The number of nitrogens with one attached hydrogen (secondary N) is 2. The van der Waals surface area contributed by atoms with E-state index < -0.39 is 33.5 Å². The Morgan fingerprint density at radius 1 is 1.00 bits per heavy atom. The predicted octanol–water partition coefficient (Wildman–Crippen LogP) is 5.55. The molecule has 2 N–H and O–H groups in total. The zero-order valence-corrected chi connectivity index (χ0v) is 24.9. The summed E-state index contributed by atoms with van der Waals surface area (Å²) in [5.74, 6) is -1.62. The van der Waals surface area contributed by atoms with Crippen LogP contribution in [0.15, 0.2) is 77.2 Å². The van der Waals surface area contributed by atoms with Crippen LogP contribution in [0.2, 0.25) is 0 Å². The summed E-state index contributed by atoms with van der Waals surface area (Å²) in [6, 6.07) is 17.3. The normalized spacial score (nSPS) is 13.0. The van der Waals surface area contributed by atoms with Crippen LogP contribution in [-0.2, 0) is 16.6 Å². The number of fused-ring (bicyclic) bond motifs is 2. The molecule has 10 nitrogen and oxygen atoms in total. The molecule has 13 heteroatoms. The first-order valence-corrected chi connectivity index (χ1v) is 15.5. The van der Waals surface area contributed by atoms with Gasteiger partial charge in [0.15, 0.2) is 18.2 Å². The van der Waals surface area contributed by atoms with Crippen molar-refractivity contribution in [3.8, 4) is 28.3 Å². The topological polar surface area (TPSA) is 131 Å². The average Bonchev–Trinajstić information content (AvgIpc) is 3.41. The van der Waals surface area contributed by atoms with Crippen LogP contribution in [0.25, 0.3) is 33.6 Å². The van der Waals surface area contributed by atoms with Crippen molar-refractivity contribution in [2.75, 3.05) is 24.3 Å². The largest absolute Gasteiger partial charge is 0.471 e. The number of sulfonamides is 1. The van der Waals surface area contributed by atoms with Gasteiger partial charge >= 0.3 is 0 Å². The van der Waals surface area contributed by atoms with E-state index in [1.165, 1.54) is 61.3 Å². The number of halogens is 2. The van der Waals surface area contributed by atoms with Crippen molar-refractivity contribution in [2.24, 2.45) is 0 Å². The number of anilines is 1. The van der Waals surface area contributed by atoms with E-state index in [4.69, 9.17) is 9.15 Å². The number of carbonyl (C=O) groups is 2. The van der Waals surface area contributed by atoms with Gasteiger partial charge < -0.3 is 14.5 Å². The summed E-state index contributed by atoms with van der Waals surface area (Å²) in [4.78, 5) is 32.6. The van der Waals surface area contributed by atoms with Crippen LogP contribution in [0.5, 0.6) is 5.75 Å². The third-order valence-corrected chi connectivity index (χ3v) is 8.61. The van der Waals surface area contributed by atoms with Crippen molar-refractivity contribution in [2.45, 2.75) is 13.5 Å². The third kappa shape index (κ3) is 5.81. The molecule has 0 aliphatic carbocycles. The van der Waals surface area contributed by atoms with Gasteiger partial charge in [0, 0.05) is 36.2 Å². The number of rotatable bonds is 8. The fourth-order valence-corrected chi connectivity index (χ4v) is 5.63. The molecule has 2 aromatic heterocycles. The Bertz CT molecular complexity index is 2060. The minimum absolute atomic E-state index is 0.00373. The number of carbonyl (C=O) groups excluding carboxylic acids is 2. The van der Waals surface area contributed by atoms with Gasteiger partial charge in [-0.3, -0.25) is 19.2 Å². The molecule has 3 heterocycles. The number of amides is 2. The highest BCUT2D eigenvalue weighted by atomic mass is 32.2. The van der Waals surface area contributed by atoms with E-state index in [2.05, 4.69) is 15.0 Å². The maximum Gasteiger partial charge on any atom is 0.279 e. The number of hydrogen-bond acceptors (Lipinski definition) is 7. The maximum atomic E-state index is 13.7. The molecule has 2 amide bonds. The molecule has 5 aromatic rings. The van der Waals surface area contributed by atoms with Crippen LogP contribution in [0, 0.1) is 11.6 Å². The standard InChI is InChI=1S/C32H26F2N4O6S/c1-3-45(41,42)37-25-15-27-23(28(31(39)35-2)30(44-27)19-6-10-21(34)11-7-19)14-22(25)24-12-13-26-29(36-24)32(40)38(17-43-26)16-18-4-8-20(33)9-5-18/h4-15,37H,3,16-17H2,1-2H3,(H,35,39). The Morgan fingerprint density at radius 2 is 1.69 bits per heavy atom. The molecular formula is C32H26F2N4O6S. The average molecular weight is 633 g/mol. The number of aromatic nitrogens is 1. The van der Waals surface area contributed by atoms with Crippen molar-refractivity contribution in [1.29, 1.82) is 0 Å². The summed E-state index contributed by atoms with van der Waals surface area (Å²) in [5, 5.41) is 2.93. The Kier molecular flexibility index (Phi) is 7.71. The van der Waals surface area contributed by atoms with Crippen LogP contribution < -0.4 is 14.8 Å². The van der Waals surface area contributed by atoms with Crippen molar-refractivity contribution < 1.29 is 35.9 Å². The van der Waals surface area contributed by atoms with Gasteiger partial charge in [-0.15, -0.1) is 0 Å². The zero-order chi connectivity index (χ0) is 31.9. The number of nitrogens with zero attached hydrogens (tertiary/aromatic N) is 2. The number of pyridine rings is 1. The van der Waals surface area contributed by atoms with Gasteiger partial charge in [-0.1, -0.05) is 12.1 Å². The fraction of sp³-hybridized carbons (Fsp3) is 0.156. The molecule has 6 rings (SSSR count). The molecule has 1 aliphatic heterocycles. The number of benzene rings is 3. The zero-order valence-electron chi connectivity index (χ0n) is 24.1. The Labute approximate surface area is 256 Å². The summed E-state index contributed by atoms with van der Waals surface area (Å²) in [6.07, 6.45) is 0. The molecule has 0 saturated heterocycles. The van der Waals surface area contributed by atoms with E-state index in [0.717, 1.165) is 0 Å². The van der Waals surface area contributed by atoms with Gasteiger partial charge in [-0.2, -0.15) is 0 Å². The first kappa shape index (κ1) is 29.8. The molecule has 3 aromatic carbocycles. The highest BCUT2D eigenvalue weighted by Crippen LogP contribution is 2.40. The monoisotopic (exact) mass is 632 g/mol. The van der Waals surface area contributed by atoms with Gasteiger partial charge in [-0.05, 0) is 67.1 Å². The van der Waals surface area contributed by atoms with Crippen LogP contribution in [0.3, 0.4) is 0 Å². The summed E-state index contributed by atoms with van der Waals surface area (Å²) in [7, 11) is -2.34. The quantitative estimate of drug-likeness (QED) is 0.229. The number of hydrogen-bond donors (Lipinski definition) is 2. The van der Waals surface area contributed by atoms with Crippen molar-refractivity contribution >= 4 is 38.5 Å². The lowest BCUT2D eigenvalue weighted by Crippen LogP contribution is -2.38. The molecule has 1 aliphatic rings. The molecular weight excluding hydrogens is 606 g/mol. The third-order valence-electron chi connectivity index (χ3n) is 7.32. The van der Waals surface area contributed by atoms with E-state index in [1.807, 2.05) is 0 Å². The Morgan fingerprint density at radius 3 is 2.36 bits per heavy atom. The molecule has 0 bridgehead atoms. The number of ether oxygens (including phenoxy) is 1. The molecule has 0 unspecified atom stereocenters. The van der Waals surface area contributed by atoms with Gasteiger partial charge in [0.25, 0.3) is 11.8 Å². The lowest BCUT2D eigenvalue weighted by atomic mass is 10.0. The number of furan rings is 1. The molecule has 0 radical (unpaired) electrons. The minimum Gasteiger partial charge on any atom is -0.471 e. The van der Waals surface area contributed by atoms with Gasteiger partial charge in [0.2, 0.25) is 10.0 Å². The van der Waals surface area contributed by atoms with Gasteiger partial charge in [0.1, 0.15) is 23.0 Å². The van der Waals surface area contributed by atoms with E-state index in [0.29, 0.717) is 16.5 Å². The van der Waals surface area contributed by atoms with Crippen LogP contribution in [0.1, 0.15) is 33.3 Å². The second kappa shape index (κ2) is 11.7. The molecule has 0 saturated carbocycles. The Hall–Kier alpha value is -5.30. The van der Waals surface area contributed by atoms with E-state index in [9.17, 15) is 26.8 Å². The molecule has 0 fully saturated rings. The minimum atomic E-state index is -3.79. The highest BCUT2D eigenvalue weighted by Gasteiger charge is 2.29. The molecule has 0 spiro atoms. The van der Waals surface area contributed by atoms with Crippen LogP contribution >= 0.6 is 0 Å². The summed E-state index contributed by atoms with van der Waals surface area (Å²) in [5.41, 5.74) is 2.04. The highest BCUT2D eigenvalue weighted by molar-refractivity contribution is 7.92. The fourth-order valence-electron chi connectivity index (χ4n) is 4.98. The van der Waals surface area contributed by atoms with Crippen molar-refractivity contribution in [3.63, 3.8) is 0 Å². The molecule has 45 heavy (non-hydrogen) atoms. The second-order valence-electron chi connectivity index (χ2n) is 10.2. The van der Waals surface area contributed by atoms with Crippen molar-refractivity contribution in [3.05, 3.63) is 101 Å². The van der Waals surface area contributed by atoms with E-state index in [-0.39, 0.29) is 64.3 Å². The van der Waals surface area contributed by atoms with E-state index in [1.54, 1.807) is 30.3 Å². The lowest BCUT2D eigenvalue weighted by Gasteiger charge is -2.28. The summed E-state index contributed by atoms with van der Waals surface area (Å²) in [6.45, 7) is 1.58. The Balaban J connectivity index is 1.49. The first-order valence-electron chi connectivity index (χ1n) is 13.8. The predicted molar refractivity (Wildman–Crippen MR) is 163 cm³/mol. The van der Waals surface area contributed by atoms with E-state index >= 15 is 0 Å². The van der Waals surface area contributed by atoms with Gasteiger partial charge in [-0.25, -0.2) is 22.2 Å². The van der Waals surface area contributed by atoms with Crippen LogP contribution in [-0.4, -0.2) is 49.6 Å². The lowest BCUT2D eigenvalue weighted by molar-refractivity contribution is 0.0488. The molecule has 0 atom stereocenters. The van der Waals surface area contributed by atoms with Crippen LogP contribution in [0.4, 0.5) is 14.5 Å². The smallest absolute Gasteiger partial charge is 0.279 e. The first-order chi connectivity index (χ1) is 21.6. The second-order valence-corrected chi connectivity index (χ2v) is 12.2. The summed E-state index contributed by atoms with van der Waals surface area (Å²) < 4.78 is 66.9. The van der Waals surface area contributed by atoms with Crippen molar-refractivity contribution in [1.82, 2.24) is 15.2 Å². The van der Waals surface area contributed by atoms with Gasteiger partial charge in [0.05, 0.1) is 22.7 Å². The maximum absolute atomic E-state index is 13.7. The SMILES string of the molecule is CCS(=O)(=O)Nc1cc2oc(-c3ccc(F)cc3)c(C(=O)NC)c2cc1-c1ccc2c(n1)C(=O)N(Cc1ccc(F)cc1)CO2. The molecule has 230 valence electrons. The summed E-state index contributed by atoms with van der Waals surface area (Å²) >= 11 is 0.